The van der Waals surface area contributed by atoms with Gasteiger partial charge in [-0.15, -0.1) is 0 Å². The molecule has 2 heterocycles. The molecular formula is C23H23FN4O2. The van der Waals surface area contributed by atoms with Crippen molar-refractivity contribution in [3.05, 3.63) is 66.7 Å². The Hall–Kier alpha value is -3.48. The summed E-state index contributed by atoms with van der Waals surface area (Å²) in [6.07, 6.45) is 5.09. The fraction of sp³-hybridized carbons (Fsp3) is 0.261. The van der Waals surface area contributed by atoms with Crippen molar-refractivity contribution in [2.45, 2.75) is 12.8 Å². The molecule has 1 aromatic heterocycles. The smallest absolute Gasteiger partial charge is 0.229 e. The van der Waals surface area contributed by atoms with E-state index in [0.717, 1.165) is 42.0 Å². The van der Waals surface area contributed by atoms with Crippen LogP contribution >= 0.6 is 0 Å². The molecule has 1 aliphatic heterocycles. The van der Waals surface area contributed by atoms with Crippen LogP contribution in [0.25, 0.3) is 11.1 Å². The lowest BCUT2D eigenvalue weighted by atomic mass is 9.97. The van der Waals surface area contributed by atoms with Crippen LogP contribution in [-0.2, 0) is 4.79 Å². The van der Waals surface area contributed by atoms with Crippen LogP contribution < -0.4 is 15.0 Å². The normalized spacial score (nSPS) is 16.2. The number of benzene rings is 2. The van der Waals surface area contributed by atoms with Crippen molar-refractivity contribution in [2.24, 2.45) is 5.92 Å². The first-order valence-electron chi connectivity index (χ1n) is 9.90. The Bertz CT molecular complexity index is 1010. The number of halogens is 1. The van der Waals surface area contributed by atoms with Crippen molar-refractivity contribution < 1.29 is 13.9 Å². The minimum absolute atomic E-state index is 0.0127. The first-order chi connectivity index (χ1) is 14.6. The molecule has 6 nitrogen and oxygen atoms in total. The van der Waals surface area contributed by atoms with Gasteiger partial charge in [-0.05, 0) is 54.8 Å². The number of nitrogens with zero attached hydrogens (tertiary/aromatic N) is 3. The summed E-state index contributed by atoms with van der Waals surface area (Å²) in [5.41, 5.74) is 2.23. The molecule has 3 aromatic rings. The van der Waals surface area contributed by atoms with Crippen LogP contribution in [0.5, 0.6) is 5.75 Å². The number of anilines is 2. The summed E-state index contributed by atoms with van der Waals surface area (Å²) in [5, 5.41) is 2.97. The molecular weight excluding hydrogens is 383 g/mol. The number of amides is 1. The van der Waals surface area contributed by atoms with Crippen LogP contribution in [0, 0.1) is 11.7 Å². The van der Waals surface area contributed by atoms with Crippen LogP contribution in [0.1, 0.15) is 12.8 Å². The Labute approximate surface area is 174 Å². The molecule has 1 aliphatic rings. The van der Waals surface area contributed by atoms with E-state index in [2.05, 4.69) is 15.3 Å². The molecule has 0 radical (unpaired) electrons. The second-order valence-corrected chi connectivity index (χ2v) is 7.29. The molecule has 1 atom stereocenters. The number of nitrogens with one attached hydrogen (secondary N) is 1. The second-order valence-electron chi connectivity index (χ2n) is 7.29. The first-order valence-corrected chi connectivity index (χ1v) is 9.90. The van der Waals surface area contributed by atoms with E-state index in [4.69, 9.17) is 4.74 Å². The van der Waals surface area contributed by atoms with Gasteiger partial charge in [0.25, 0.3) is 0 Å². The van der Waals surface area contributed by atoms with Crippen molar-refractivity contribution >= 4 is 17.5 Å². The second kappa shape index (κ2) is 8.90. The zero-order chi connectivity index (χ0) is 20.9. The van der Waals surface area contributed by atoms with Crippen molar-refractivity contribution in [1.82, 2.24) is 9.97 Å². The van der Waals surface area contributed by atoms with Crippen LogP contribution in [0.4, 0.5) is 16.0 Å². The highest BCUT2D eigenvalue weighted by Crippen LogP contribution is 2.24. The molecule has 7 heteroatoms. The number of piperidine rings is 1. The highest BCUT2D eigenvalue weighted by molar-refractivity contribution is 5.93. The van der Waals surface area contributed by atoms with Gasteiger partial charge in [0.15, 0.2) is 0 Å². The third-order valence-corrected chi connectivity index (χ3v) is 5.23. The Morgan fingerprint density at radius 2 is 1.90 bits per heavy atom. The van der Waals surface area contributed by atoms with Gasteiger partial charge in [0.05, 0.1) is 13.0 Å². The standard InChI is InChI=1S/C23H23FN4O2/c1-30-21-9-7-20(8-10-21)27-22(29)17-5-3-11-28(15-17)23-25-13-18(14-26-23)16-4-2-6-19(24)12-16/h2,4,6-10,12-14,17H,3,5,11,15H2,1H3,(H,27,29)/t17-/m1/s1. The van der Waals surface area contributed by atoms with Crippen molar-refractivity contribution in [1.29, 1.82) is 0 Å². The van der Waals surface area contributed by atoms with E-state index < -0.39 is 0 Å². The van der Waals surface area contributed by atoms with Crippen molar-refractivity contribution in [3.8, 4) is 16.9 Å². The molecule has 4 rings (SSSR count). The first kappa shape index (κ1) is 19.8. The lowest BCUT2D eigenvalue weighted by Crippen LogP contribution is -2.41. The summed E-state index contributed by atoms with van der Waals surface area (Å²) in [6, 6.07) is 13.6. The molecule has 1 fully saturated rings. The minimum Gasteiger partial charge on any atom is -0.497 e. The quantitative estimate of drug-likeness (QED) is 0.690. The molecule has 0 aliphatic carbocycles. The van der Waals surface area contributed by atoms with E-state index in [-0.39, 0.29) is 17.6 Å². The number of hydrogen-bond acceptors (Lipinski definition) is 5. The van der Waals surface area contributed by atoms with Gasteiger partial charge in [-0.2, -0.15) is 0 Å². The zero-order valence-electron chi connectivity index (χ0n) is 16.7. The summed E-state index contributed by atoms with van der Waals surface area (Å²) >= 11 is 0. The lowest BCUT2D eigenvalue weighted by Gasteiger charge is -2.32. The number of ether oxygens (including phenoxy) is 1. The minimum atomic E-state index is -0.293. The molecule has 0 unspecified atom stereocenters. The monoisotopic (exact) mass is 406 g/mol. The van der Waals surface area contributed by atoms with E-state index in [1.54, 1.807) is 25.6 Å². The molecule has 154 valence electrons. The molecule has 0 bridgehead atoms. The van der Waals surface area contributed by atoms with E-state index in [1.165, 1.54) is 12.1 Å². The van der Waals surface area contributed by atoms with Crippen LogP contribution in [0.15, 0.2) is 60.9 Å². The Morgan fingerprint density at radius 3 is 2.60 bits per heavy atom. The lowest BCUT2D eigenvalue weighted by molar-refractivity contribution is -0.120. The van der Waals surface area contributed by atoms with Gasteiger partial charge in [-0.3, -0.25) is 4.79 Å². The van der Waals surface area contributed by atoms with Crippen LogP contribution in [0.3, 0.4) is 0 Å². The summed E-state index contributed by atoms with van der Waals surface area (Å²) < 4.78 is 18.6. The number of carbonyl (C=O) groups excluding carboxylic acids is 1. The van der Waals surface area contributed by atoms with E-state index >= 15 is 0 Å². The Morgan fingerprint density at radius 1 is 1.13 bits per heavy atom. The zero-order valence-corrected chi connectivity index (χ0v) is 16.7. The predicted molar refractivity (Wildman–Crippen MR) is 114 cm³/mol. The number of aromatic nitrogens is 2. The Balaban J connectivity index is 1.41. The summed E-state index contributed by atoms with van der Waals surface area (Å²) in [4.78, 5) is 23.7. The summed E-state index contributed by atoms with van der Waals surface area (Å²) in [6.45, 7) is 1.35. The van der Waals surface area contributed by atoms with Crippen LogP contribution in [-0.4, -0.2) is 36.1 Å². The molecule has 0 saturated carbocycles. The van der Waals surface area contributed by atoms with E-state index in [9.17, 15) is 9.18 Å². The third-order valence-electron chi connectivity index (χ3n) is 5.23. The molecule has 1 saturated heterocycles. The average molecular weight is 406 g/mol. The maximum absolute atomic E-state index is 13.4. The third kappa shape index (κ3) is 4.56. The van der Waals surface area contributed by atoms with Gasteiger partial charge in [0, 0.05) is 36.7 Å². The topological polar surface area (TPSA) is 67.3 Å². The number of rotatable bonds is 5. The number of carbonyl (C=O) groups is 1. The molecule has 1 N–H and O–H groups in total. The van der Waals surface area contributed by atoms with Crippen molar-refractivity contribution in [2.75, 3.05) is 30.4 Å². The van der Waals surface area contributed by atoms with Gasteiger partial charge in [-0.25, -0.2) is 14.4 Å². The fourth-order valence-electron chi connectivity index (χ4n) is 3.59. The van der Waals surface area contributed by atoms with Gasteiger partial charge in [-0.1, -0.05) is 12.1 Å². The highest BCUT2D eigenvalue weighted by atomic mass is 19.1. The van der Waals surface area contributed by atoms with Gasteiger partial charge in [0.2, 0.25) is 11.9 Å². The fourth-order valence-corrected chi connectivity index (χ4v) is 3.59. The van der Waals surface area contributed by atoms with E-state index in [1.807, 2.05) is 35.2 Å². The SMILES string of the molecule is COc1ccc(NC(=O)[C@@H]2CCCN(c3ncc(-c4cccc(F)c4)cn3)C2)cc1. The van der Waals surface area contributed by atoms with Crippen molar-refractivity contribution in [3.63, 3.8) is 0 Å². The maximum atomic E-state index is 13.4. The number of methoxy groups -OCH3 is 1. The number of hydrogen-bond donors (Lipinski definition) is 1. The maximum Gasteiger partial charge on any atom is 0.229 e. The van der Waals surface area contributed by atoms with Gasteiger partial charge < -0.3 is 15.0 Å². The predicted octanol–water partition coefficient (Wildman–Crippen LogP) is 4.15. The van der Waals surface area contributed by atoms with Crippen LogP contribution in [0.2, 0.25) is 0 Å². The molecule has 0 spiro atoms. The van der Waals surface area contributed by atoms with Gasteiger partial charge >= 0.3 is 0 Å². The van der Waals surface area contributed by atoms with Gasteiger partial charge in [0.1, 0.15) is 11.6 Å². The van der Waals surface area contributed by atoms with E-state index in [0.29, 0.717) is 12.5 Å². The summed E-state index contributed by atoms with van der Waals surface area (Å²) in [7, 11) is 1.61. The Kier molecular flexibility index (Phi) is 5.88. The summed E-state index contributed by atoms with van der Waals surface area (Å²) in [5.74, 6) is 0.875. The highest BCUT2D eigenvalue weighted by Gasteiger charge is 2.27. The molecule has 30 heavy (non-hydrogen) atoms. The largest absolute Gasteiger partial charge is 0.497 e. The molecule has 2 aromatic carbocycles. The average Bonchev–Trinajstić information content (AvgIpc) is 2.80. The molecule has 1 amide bonds.